The van der Waals surface area contributed by atoms with Gasteiger partial charge in [0.15, 0.2) is 5.13 Å². The number of amides is 1. The lowest BCUT2D eigenvalue weighted by Gasteiger charge is -2.29. The number of thiazole rings is 1. The van der Waals surface area contributed by atoms with Gasteiger partial charge in [0.1, 0.15) is 0 Å². The first-order chi connectivity index (χ1) is 14.2. The van der Waals surface area contributed by atoms with Crippen molar-refractivity contribution in [2.45, 2.75) is 64.2 Å². The Kier molecular flexibility index (Phi) is 6.60. The third-order valence-corrected chi connectivity index (χ3v) is 7.17. The molecule has 0 spiro atoms. The van der Waals surface area contributed by atoms with Gasteiger partial charge in [0.2, 0.25) is 0 Å². The number of carbonyl (C=O) groups excluding carboxylic acids is 1. The lowest BCUT2D eigenvalue weighted by Crippen LogP contribution is -2.14. The topological polar surface area (TPSA) is 42.0 Å². The summed E-state index contributed by atoms with van der Waals surface area (Å²) in [6.45, 7) is 2.28. The van der Waals surface area contributed by atoms with Crippen LogP contribution in [0.1, 0.15) is 80.1 Å². The molecule has 0 bridgehead atoms. The number of nitrogens with one attached hydrogen (secondary N) is 1. The number of hydrogen-bond donors (Lipinski definition) is 1. The number of hydrogen-bond acceptors (Lipinski definition) is 3. The molecule has 1 heterocycles. The summed E-state index contributed by atoms with van der Waals surface area (Å²) < 4.78 is 1.09. The van der Waals surface area contributed by atoms with Crippen molar-refractivity contribution < 1.29 is 4.79 Å². The number of unbranched alkanes of at least 4 members (excludes halogenated alkanes) is 2. The van der Waals surface area contributed by atoms with Crippen LogP contribution in [0.25, 0.3) is 10.2 Å². The van der Waals surface area contributed by atoms with Crippen molar-refractivity contribution in [1.29, 1.82) is 0 Å². The van der Waals surface area contributed by atoms with Crippen LogP contribution in [0.2, 0.25) is 0 Å². The highest BCUT2D eigenvalue weighted by molar-refractivity contribution is 7.22. The maximum absolute atomic E-state index is 12.6. The highest BCUT2D eigenvalue weighted by Crippen LogP contribution is 2.37. The SMILES string of the molecule is CCCCCC1CCC(c2ccc(C(=O)Nc3nc4ccccc4s3)cc2)CC1. The van der Waals surface area contributed by atoms with Gasteiger partial charge in [-0.3, -0.25) is 10.1 Å². The van der Waals surface area contributed by atoms with E-state index >= 15 is 0 Å². The van der Waals surface area contributed by atoms with Gasteiger partial charge >= 0.3 is 0 Å². The van der Waals surface area contributed by atoms with E-state index in [0.29, 0.717) is 16.6 Å². The first kappa shape index (κ1) is 20.1. The van der Waals surface area contributed by atoms with Gasteiger partial charge in [-0.15, -0.1) is 0 Å². The lowest BCUT2D eigenvalue weighted by atomic mass is 9.77. The van der Waals surface area contributed by atoms with Crippen molar-refractivity contribution in [2.24, 2.45) is 5.92 Å². The minimum atomic E-state index is -0.0877. The molecule has 2 aromatic carbocycles. The van der Waals surface area contributed by atoms with Crippen LogP contribution >= 0.6 is 11.3 Å². The Labute approximate surface area is 177 Å². The van der Waals surface area contributed by atoms with Crippen LogP contribution in [0.15, 0.2) is 48.5 Å². The average molecular weight is 407 g/mol. The fraction of sp³-hybridized carbons (Fsp3) is 0.440. The number of aromatic nitrogens is 1. The van der Waals surface area contributed by atoms with Crippen molar-refractivity contribution in [3.8, 4) is 0 Å². The molecule has 1 aromatic heterocycles. The first-order valence-corrected chi connectivity index (χ1v) is 11.8. The number of benzene rings is 2. The minimum absolute atomic E-state index is 0.0877. The van der Waals surface area contributed by atoms with E-state index in [0.717, 1.165) is 16.1 Å². The van der Waals surface area contributed by atoms with Crippen molar-refractivity contribution in [1.82, 2.24) is 4.98 Å². The third-order valence-electron chi connectivity index (χ3n) is 6.22. The van der Waals surface area contributed by atoms with E-state index in [1.165, 1.54) is 68.3 Å². The van der Waals surface area contributed by atoms with E-state index in [-0.39, 0.29) is 5.91 Å². The van der Waals surface area contributed by atoms with Gasteiger partial charge in [-0.25, -0.2) is 4.98 Å². The Balaban J connectivity index is 1.32. The summed E-state index contributed by atoms with van der Waals surface area (Å²) in [5.74, 6) is 1.49. The number of rotatable bonds is 7. The summed E-state index contributed by atoms with van der Waals surface area (Å²) in [7, 11) is 0. The summed E-state index contributed by atoms with van der Waals surface area (Å²) in [6.07, 6.45) is 10.8. The molecule has 0 unspecified atom stereocenters. The number of anilines is 1. The zero-order valence-electron chi connectivity index (χ0n) is 17.2. The molecule has 3 aromatic rings. The number of nitrogens with zero attached hydrogens (tertiary/aromatic N) is 1. The predicted octanol–water partition coefficient (Wildman–Crippen LogP) is 7.40. The summed E-state index contributed by atoms with van der Waals surface area (Å²) in [4.78, 5) is 17.1. The van der Waals surface area contributed by atoms with Crippen LogP contribution in [0, 0.1) is 5.92 Å². The van der Waals surface area contributed by atoms with E-state index in [1.54, 1.807) is 0 Å². The Morgan fingerprint density at radius 3 is 2.52 bits per heavy atom. The zero-order valence-corrected chi connectivity index (χ0v) is 18.0. The zero-order chi connectivity index (χ0) is 20.1. The summed E-state index contributed by atoms with van der Waals surface area (Å²) in [6, 6.07) is 16.2. The highest BCUT2D eigenvalue weighted by Gasteiger charge is 2.22. The normalized spacial score (nSPS) is 19.3. The second-order valence-electron chi connectivity index (χ2n) is 8.28. The Hall–Kier alpha value is -2.20. The highest BCUT2D eigenvalue weighted by atomic mass is 32.1. The Morgan fingerprint density at radius 1 is 1.03 bits per heavy atom. The molecular formula is C25H30N2OS. The van der Waals surface area contributed by atoms with Crippen LogP contribution < -0.4 is 5.32 Å². The monoisotopic (exact) mass is 406 g/mol. The fourth-order valence-corrected chi connectivity index (χ4v) is 5.33. The van der Waals surface area contributed by atoms with Crippen LogP contribution in [-0.2, 0) is 0 Å². The maximum atomic E-state index is 12.6. The van der Waals surface area contributed by atoms with E-state index in [9.17, 15) is 4.79 Å². The smallest absolute Gasteiger partial charge is 0.257 e. The van der Waals surface area contributed by atoms with Crippen LogP contribution in [-0.4, -0.2) is 10.9 Å². The van der Waals surface area contributed by atoms with Gasteiger partial charge in [-0.05, 0) is 67.3 Å². The molecule has 1 saturated carbocycles. The fourth-order valence-electron chi connectivity index (χ4n) is 4.47. The number of carbonyl (C=O) groups is 1. The lowest BCUT2D eigenvalue weighted by molar-refractivity contribution is 0.102. The van der Waals surface area contributed by atoms with Crippen LogP contribution in [0.5, 0.6) is 0 Å². The molecule has 0 saturated heterocycles. The maximum Gasteiger partial charge on any atom is 0.257 e. The van der Waals surface area contributed by atoms with Gasteiger partial charge in [-0.1, -0.05) is 68.2 Å². The Bertz CT molecular complexity index is 906. The van der Waals surface area contributed by atoms with Gasteiger partial charge in [-0.2, -0.15) is 0 Å². The molecule has 0 aliphatic heterocycles. The van der Waals surface area contributed by atoms with Crippen molar-refractivity contribution in [3.05, 3.63) is 59.7 Å². The second-order valence-corrected chi connectivity index (χ2v) is 9.31. The van der Waals surface area contributed by atoms with Gasteiger partial charge < -0.3 is 0 Å². The molecule has 4 heteroatoms. The molecule has 0 atom stereocenters. The second kappa shape index (κ2) is 9.53. The average Bonchev–Trinajstić information content (AvgIpc) is 3.17. The van der Waals surface area contributed by atoms with Gasteiger partial charge in [0.25, 0.3) is 5.91 Å². The predicted molar refractivity (Wildman–Crippen MR) is 123 cm³/mol. The van der Waals surface area contributed by atoms with Crippen molar-refractivity contribution >= 4 is 32.6 Å². The Morgan fingerprint density at radius 2 is 1.79 bits per heavy atom. The molecule has 1 aliphatic rings. The molecule has 29 heavy (non-hydrogen) atoms. The molecule has 1 fully saturated rings. The number of fused-ring (bicyclic) bond motifs is 1. The largest absolute Gasteiger partial charge is 0.298 e. The molecule has 4 rings (SSSR count). The van der Waals surface area contributed by atoms with Gasteiger partial charge in [0, 0.05) is 5.56 Å². The molecule has 3 nitrogen and oxygen atoms in total. The summed E-state index contributed by atoms with van der Waals surface area (Å²) >= 11 is 1.51. The summed E-state index contributed by atoms with van der Waals surface area (Å²) in [5.41, 5.74) is 3.00. The molecular weight excluding hydrogens is 376 g/mol. The van der Waals surface area contributed by atoms with Crippen LogP contribution in [0.3, 0.4) is 0 Å². The van der Waals surface area contributed by atoms with Crippen molar-refractivity contribution in [2.75, 3.05) is 5.32 Å². The molecule has 1 aliphatic carbocycles. The molecule has 0 radical (unpaired) electrons. The standard InChI is InChI=1S/C25H30N2OS/c1-2-3-4-7-18-10-12-19(13-11-18)20-14-16-21(17-15-20)24(28)27-25-26-22-8-5-6-9-23(22)29-25/h5-6,8-9,14-19H,2-4,7,10-13H2,1H3,(H,26,27,28). The van der Waals surface area contributed by atoms with Gasteiger partial charge in [0.05, 0.1) is 10.2 Å². The quantitative estimate of drug-likeness (QED) is 0.415. The first-order valence-electron chi connectivity index (χ1n) is 11.0. The molecule has 1 N–H and O–H groups in total. The van der Waals surface area contributed by atoms with E-state index < -0.39 is 0 Å². The molecule has 1 amide bonds. The van der Waals surface area contributed by atoms with E-state index in [2.05, 4.69) is 29.4 Å². The molecule has 152 valence electrons. The van der Waals surface area contributed by atoms with Crippen molar-refractivity contribution in [3.63, 3.8) is 0 Å². The number of para-hydroxylation sites is 1. The third kappa shape index (κ3) is 5.05. The van der Waals surface area contributed by atoms with E-state index in [4.69, 9.17) is 0 Å². The minimum Gasteiger partial charge on any atom is -0.298 e. The van der Waals surface area contributed by atoms with Crippen LogP contribution in [0.4, 0.5) is 5.13 Å². The van der Waals surface area contributed by atoms with E-state index in [1.807, 2.05) is 36.4 Å². The summed E-state index contributed by atoms with van der Waals surface area (Å²) in [5, 5.41) is 3.60.